The molecule has 0 atom stereocenters. The van der Waals surface area contributed by atoms with Crippen LogP contribution in [0.4, 0.5) is 0 Å². The SMILES string of the molecule is [C-]1=CC[CH-]CC1.[W].[Y]. The van der Waals surface area contributed by atoms with Crippen molar-refractivity contribution in [1.29, 1.82) is 0 Å². The first-order chi connectivity index (χ1) is 3.00. The van der Waals surface area contributed by atoms with Gasteiger partial charge in [-0.3, -0.25) is 6.08 Å². The molecule has 0 aromatic rings. The smallest absolute Gasteiger partial charge is 0 e. The van der Waals surface area contributed by atoms with Gasteiger partial charge in [0, 0.05) is 53.8 Å². The Balaban J connectivity index is 0. The number of hydrogen-bond donors (Lipinski definition) is 0. The zero-order chi connectivity index (χ0) is 4.24. The largest absolute Gasteiger partial charge is 0.505 e. The van der Waals surface area contributed by atoms with E-state index in [1.165, 1.54) is 6.42 Å². The topological polar surface area (TPSA) is 0 Å². The Morgan fingerprint density at radius 2 is 2.25 bits per heavy atom. The van der Waals surface area contributed by atoms with E-state index in [0.29, 0.717) is 0 Å². The van der Waals surface area contributed by atoms with Crippen LogP contribution >= 0.6 is 0 Å². The van der Waals surface area contributed by atoms with Crippen LogP contribution in [-0.2, 0) is 53.8 Å². The molecule has 0 bridgehead atoms. The summed E-state index contributed by atoms with van der Waals surface area (Å²) in [6, 6.07) is 0. The summed E-state index contributed by atoms with van der Waals surface area (Å²) in [7, 11) is 0. The van der Waals surface area contributed by atoms with Gasteiger partial charge in [-0.1, -0.05) is 0 Å². The minimum absolute atomic E-state index is 0. The third-order valence-corrected chi connectivity index (χ3v) is 0.922. The van der Waals surface area contributed by atoms with Crippen molar-refractivity contribution in [3.8, 4) is 0 Å². The number of hydrogen-bond acceptors (Lipinski definition) is 0. The van der Waals surface area contributed by atoms with Crippen LogP contribution < -0.4 is 0 Å². The van der Waals surface area contributed by atoms with Gasteiger partial charge in [0.05, 0.1) is 0 Å². The molecular formula is C6H8WY-2. The fourth-order valence-corrected chi connectivity index (χ4v) is 0.572. The zero-order valence-electron chi connectivity index (χ0n) is 4.76. The van der Waals surface area contributed by atoms with Crippen molar-refractivity contribution in [2.75, 3.05) is 0 Å². The minimum atomic E-state index is 0. The predicted molar refractivity (Wildman–Crippen MR) is 26.0 cm³/mol. The van der Waals surface area contributed by atoms with E-state index in [0.717, 1.165) is 12.8 Å². The monoisotopic (exact) mass is 353 g/mol. The van der Waals surface area contributed by atoms with Gasteiger partial charge >= 0.3 is 0 Å². The van der Waals surface area contributed by atoms with Gasteiger partial charge in [0.1, 0.15) is 0 Å². The first kappa shape index (κ1) is 12.2. The second-order valence-electron chi connectivity index (χ2n) is 1.47. The first-order valence-corrected chi connectivity index (χ1v) is 2.37. The van der Waals surface area contributed by atoms with Gasteiger partial charge in [0.25, 0.3) is 0 Å². The van der Waals surface area contributed by atoms with Crippen molar-refractivity contribution in [2.45, 2.75) is 19.3 Å². The Labute approximate surface area is 90.6 Å². The maximum absolute atomic E-state index is 3.13. The number of rotatable bonds is 0. The molecule has 8 heavy (non-hydrogen) atoms. The van der Waals surface area contributed by atoms with Crippen LogP contribution in [-0.4, -0.2) is 0 Å². The molecular weight excluding hydrogens is 345 g/mol. The molecule has 0 spiro atoms. The van der Waals surface area contributed by atoms with E-state index in [1.807, 2.05) is 0 Å². The standard InChI is InChI=1S/C6H8.W.Y/c1-2-4-6-5-3-1;;/h1,4H,2-3,5H2;;/q-2;;. The molecule has 1 rings (SSSR count). The maximum atomic E-state index is 3.13. The van der Waals surface area contributed by atoms with Crippen LogP contribution in [0.3, 0.4) is 0 Å². The van der Waals surface area contributed by atoms with Gasteiger partial charge in [-0.05, 0) is 0 Å². The average Bonchev–Trinajstić information content (AvgIpc) is 1.72. The molecule has 2 heteroatoms. The second-order valence-corrected chi connectivity index (χ2v) is 1.47. The molecule has 43 valence electrons. The summed E-state index contributed by atoms with van der Waals surface area (Å²) in [6.45, 7) is 0. The third-order valence-electron chi connectivity index (χ3n) is 0.922. The molecule has 1 aliphatic rings. The summed E-state index contributed by atoms with van der Waals surface area (Å²) in [5, 5.41) is 0. The van der Waals surface area contributed by atoms with Crippen molar-refractivity contribution >= 4 is 0 Å². The van der Waals surface area contributed by atoms with Gasteiger partial charge in [0.15, 0.2) is 0 Å². The molecule has 0 saturated heterocycles. The maximum Gasteiger partial charge on any atom is 0 e. The molecule has 0 aliphatic heterocycles. The molecule has 0 heterocycles. The van der Waals surface area contributed by atoms with E-state index >= 15 is 0 Å². The summed E-state index contributed by atoms with van der Waals surface area (Å²) in [6.07, 6.45) is 11.0. The molecule has 0 aromatic heterocycles. The fraction of sp³-hybridized carbons (Fsp3) is 0.500. The molecule has 0 saturated carbocycles. The van der Waals surface area contributed by atoms with Crippen LogP contribution in [0.2, 0.25) is 0 Å². The molecule has 0 nitrogen and oxygen atoms in total. The van der Waals surface area contributed by atoms with Crippen LogP contribution in [0.5, 0.6) is 0 Å². The normalized spacial score (nSPS) is 16.0. The van der Waals surface area contributed by atoms with E-state index in [9.17, 15) is 0 Å². The van der Waals surface area contributed by atoms with Crippen molar-refractivity contribution in [3.05, 3.63) is 18.6 Å². The van der Waals surface area contributed by atoms with Crippen LogP contribution in [0.25, 0.3) is 0 Å². The molecule has 0 amide bonds. The Morgan fingerprint density at radius 1 is 1.50 bits per heavy atom. The second kappa shape index (κ2) is 8.53. The molecule has 0 aromatic carbocycles. The van der Waals surface area contributed by atoms with E-state index in [2.05, 4.69) is 18.6 Å². The molecule has 0 N–H and O–H groups in total. The quantitative estimate of drug-likeness (QED) is 0.582. The average molecular weight is 353 g/mol. The number of allylic oxidation sites excluding steroid dienone is 2. The van der Waals surface area contributed by atoms with Gasteiger partial charge in [-0.15, -0.1) is 0 Å². The Hall–Kier alpha value is 1.53. The van der Waals surface area contributed by atoms with E-state index < -0.39 is 0 Å². The molecule has 1 radical (unpaired) electrons. The summed E-state index contributed by atoms with van der Waals surface area (Å²) in [5.41, 5.74) is 0. The Kier molecular flexibility index (Phi) is 13.0. The van der Waals surface area contributed by atoms with Gasteiger partial charge < -0.3 is 12.5 Å². The summed E-state index contributed by atoms with van der Waals surface area (Å²) in [5.74, 6) is 0. The van der Waals surface area contributed by atoms with Crippen molar-refractivity contribution < 1.29 is 53.8 Å². The van der Waals surface area contributed by atoms with Gasteiger partial charge in [-0.2, -0.15) is 6.42 Å². The minimum Gasteiger partial charge on any atom is -0.505 e. The van der Waals surface area contributed by atoms with Crippen LogP contribution in [0.15, 0.2) is 6.08 Å². The Morgan fingerprint density at radius 3 is 2.38 bits per heavy atom. The van der Waals surface area contributed by atoms with Crippen molar-refractivity contribution in [3.63, 3.8) is 0 Å². The van der Waals surface area contributed by atoms with Crippen molar-refractivity contribution in [2.24, 2.45) is 0 Å². The summed E-state index contributed by atoms with van der Waals surface area (Å²) >= 11 is 0. The summed E-state index contributed by atoms with van der Waals surface area (Å²) in [4.78, 5) is 0. The van der Waals surface area contributed by atoms with Gasteiger partial charge in [-0.25, -0.2) is 12.8 Å². The van der Waals surface area contributed by atoms with Crippen molar-refractivity contribution in [1.82, 2.24) is 0 Å². The first-order valence-electron chi connectivity index (χ1n) is 2.37. The molecule has 0 unspecified atom stereocenters. The fourth-order valence-electron chi connectivity index (χ4n) is 0.572. The van der Waals surface area contributed by atoms with E-state index in [1.54, 1.807) is 0 Å². The predicted octanol–water partition coefficient (Wildman–Crippen LogP) is 1.73. The van der Waals surface area contributed by atoms with Crippen LogP contribution in [0, 0.1) is 12.5 Å². The third kappa shape index (κ3) is 5.66. The van der Waals surface area contributed by atoms with E-state index in [4.69, 9.17) is 0 Å². The van der Waals surface area contributed by atoms with Gasteiger partial charge in [0.2, 0.25) is 0 Å². The molecule has 0 fully saturated rings. The van der Waals surface area contributed by atoms with Crippen LogP contribution in [0.1, 0.15) is 19.3 Å². The molecule has 1 aliphatic carbocycles. The summed E-state index contributed by atoms with van der Waals surface area (Å²) < 4.78 is 0. The van der Waals surface area contributed by atoms with E-state index in [-0.39, 0.29) is 53.8 Å². The Bertz CT molecular complexity index is 53.5. The zero-order valence-corrected chi connectivity index (χ0v) is 10.5.